The van der Waals surface area contributed by atoms with Crippen LogP contribution < -0.4 is 4.90 Å². The van der Waals surface area contributed by atoms with Crippen molar-refractivity contribution in [1.82, 2.24) is 4.37 Å². The van der Waals surface area contributed by atoms with Crippen molar-refractivity contribution < 1.29 is 9.90 Å². The number of anilines is 1. The van der Waals surface area contributed by atoms with Gasteiger partial charge in [-0.25, -0.2) is 0 Å². The fourth-order valence-corrected chi connectivity index (χ4v) is 1.94. The highest BCUT2D eigenvalue weighted by atomic mass is 32.1. The number of carboxylic acid groups (broad SMARTS) is 1. The number of aryl methyl sites for hydroxylation is 1. The van der Waals surface area contributed by atoms with Crippen molar-refractivity contribution in [2.75, 3.05) is 18.5 Å². The van der Waals surface area contributed by atoms with E-state index in [0.717, 1.165) is 5.00 Å². The molecule has 1 aromatic rings. The van der Waals surface area contributed by atoms with E-state index in [4.69, 9.17) is 10.4 Å². The lowest BCUT2D eigenvalue weighted by molar-refractivity contribution is -0.136. The Balaban J connectivity index is 2.78. The number of carbonyl (C=O) groups is 1. The van der Waals surface area contributed by atoms with Gasteiger partial charge in [-0.2, -0.15) is 9.64 Å². The molecule has 80 valence electrons. The minimum atomic E-state index is -0.846. The average Bonchev–Trinajstić information content (AvgIpc) is 2.55. The van der Waals surface area contributed by atoms with E-state index >= 15 is 0 Å². The van der Waals surface area contributed by atoms with E-state index < -0.39 is 5.97 Å². The lowest BCUT2D eigenvalue weighted by Gasteiger charge is -2.15. The minimum Gasteiger partial charge on any atom is -0.481 e. The van der Waals surface area contributed by atoms with E-state index in [1.807, 2.05) is 0 Å². The first-order valence-electron chi connectivity index (χ1n) is 4.35. The maximum Gasteiger partial charge on any atom is 0.305 e. The summed E-state index contributed by atoms with van der Waals surface area (Å²) in [5, 5.41) is 18.2. The van der Waals surface area contributed by atoms with Gasteiger partial charge in [-0.15, -0.1) is 0 Å². The zero-order valence-corrected chi connectivity index (χ0v) is 9.34. The molecule has 1 rings (SSSR count). The molecule has 1 heterocycles. The van der Waals surface area contributed by atoms with Crippen molar-refractivity contribution in [3.63, 3.8) is 0 Å². The fraction of sp³-hybridized carbons (Fsp3) is 0.444. The fourth-order valence-electron chi connectivity index (χ4n) is 1.11. The predicted molar refractivity (Wildman–Crippen MR) is 57.1 cm³/mol. The van der Waals surface area contributed by atoms with E-state index in [0.29, 0.717) is 17.8 Å². The predicted octanol–water partition coefficient (Wildman–Crippen LogP) is 1.23. The van der Waals surface area contributed by atoms with Crippen LogP contribution in [-0.4, -0.2) is 29.0 Å². The highest BCUT2D eigenvalue weighted by Gasteiger charge is 2.14. The van der Waals surface area contributed by atoms with Crippen LogP contribution in [0.25, 0.3) is 0 Å². The summed E-state index contributed by atoms with van der Waals surface area (Å²) in [6.07, 6.45) is 0.0539. The smallest absolute Gasteiger partial charge is 0.305 e. The van der Waals surface area contributed by atoms with Gasteiger partial charge >= 0.3 is 5.97 Å². The number of carboxylic acids is 1. The SMILES string of the molecule is Cc1nsc(N(C)CCC(=O)O)c1C#N. The summed E-state index contributed by atoms with van der Waals surface area (Å²) in [5.74, 6) is -0.846. The molecule has 0 radical (unpaired) electrons. The van der Waals surface area contributed by atoms with Crippen LogP contribution in [0.3, 0.4) is 0 Å². The molecule has 0 aliphatic heterocycles. The second kappa shape index (κ2) is 4.75. The maximum atomic E-state index is 10.4. The van der Waals surface area contributed by atoms with Crippen LogP contribution in [0.15, 0.2) is 0 Å². The third kappa shape index (κ3) is 2.67. The molecule has 0 spiro atoms. The van der Waals surface area contributed by atoms with Crippen molar-refractivity contribution in [2.45, 2.75) is 13.3 Å². The second-order valence-electron chi connectivity index (χ2n) is 3.13. The normalized spacial score (nSPS) is 9.67. The van der Waals surface area contributed by atoms with Gasteiger partial charge in [0.25, 0.3) is 0 Å². The number of aromatic nitrogens is 1. The number of nitrogens with zero attached hydrogens (tertiary/aromatic N) is 3. The van der Waals surface area contributed by atoms with Gasteiger partial charge in [0.05, 0.1) is 12.1 Å². The molecular weight excluding hydrogens is 214 g/mol. The summed E-state index contributed by atoms with van der Waals surface area (Å²) in [5.41, 5.74) is 1.23. The summed E-state index contributed by atoms with van der Waals surface area (Å²) < 4.78 is 4.07. The van der Waals surface area contributed by atoms with Gasteiger partial charge in [-0.05, 0) is 18.5 Å². The van der Waals surface area contributed by atoms with Crippen LogP contribution in [0.5, 0.6) is 0 Å². The van der Waals surface area contributed by atoms with Crippen molar-refractivity contribution >= 4 is 22.5 Å². The molecule has 0 bridgehead atoms. The molecule has 1 N–H and O–H groups in total. The van der Waals surface area contributed by atoms with Gasteiger partial charge < -0.3 is 10.0 Å². The number of rotatable bonds is 4. The zero-order chi connectivity index (χ0) is 11.4. The largest absolute Gasteiger partial charge is 0.481 e. The van der Waals surface area contributed by atoms with Crippen molar-refractivity contribution in [3.05, 3.63) is 11.3 Å². The number of aliphatic carboxylic acids is 1. The van der Waals surface area contributed by atoms with E-state index in [1.54, 1.807) is 18.9 Å². The Labute approximate surface area is 91.7 Å². The molecule has 15 heavy (non-hydrogen) atoms. The van der Waals surface area contributed by atoms with Crippen LogP contribution in [-0.2, 0) is 4.79 Å². The van der Waals surface area contributed by atoms with Gasteiger partial charge in [-0.1, -0.05) is 0 Å². The monoisotopic (exact) mass is 225 g/mol. The van der Waals surface area contributed by atoms with Gasteiger partial charge in [0, 0.05) is 13.6 Å². The second-order valence-corrected chi connectivity index (χ2v) is 3.88. The summed E-state index contributed by atoms with van der Waals surface area (Å²) in [6, 6.07) is 2.07. The van der Waals surface area contributed by atoms with Crippen LogP contribution in [0.1, 0.15) is 17.7 Å². The van der Waals surface area contributed by atoms with Crippen molar-refractivity contribution in [3.8, 4) is 6.07 Å². The molecule has 0 unspecified atom stereocenters. The first-order valence-corrected chi connectivity index (χ1v) is 5.13. The molecule has 0 saturated heterocycles. The molecule has 0 aliphatic rings. The average molecular weight is 225 g/mol. The molecule has 0 aromatic carbocycles. The molecule has 0 fully saturated rings. The van der Waals surface area contributed by atoms with Crippen LogP contribution in [0.4, 0.5) is 5.00 Å². The first kappa shape index (κ1) is 11.5. The first-order chi connectivity index (χ1) is 7.06. The summed E-state index contributed by atoms with van der Waals surface area (Å²) in [4.78, 5) is 12.1. The third-order valence-corrected chi connectivity index (χ3v) is 3.02. The van der Waals surface area contributed by atoms with Gasteiger partial charge in [-0.3, -0.25) is 4.79 Å². The summed E-state index contributed by atoms with van der Waals surface area (Å²) >= 11 is 1.22. The number of hydrogen-bond acceptors (Lipinski definition) is 5. The van der Waals surface area contributed by atoms with Gasteiger partial charge in [0.1, 0.15) is 16.6 Å². The Hall–Kier alpha value is -1.61. The van der Waals surface area contributed by atoms with E-state index in [-0.39, 0.29) is 6.42 Å². The molecule has 0 saturated carbocycles. The maximum absolute atomic E-state index is 10.4. The lowest BCUT2D eigenvalue weighted by atomic mass is 10.2. The summed E-state index contributed by atoms with van der Waals surface area (Å²) in [7, 11) is 1.76. The molecule has 1 aromatic heterocycles. The van der Waals surface area contributed by atoms with Crippen LogP contribution in [0, 0.1) is 18.3 Å². The highest BCUT2D eigenvalue weighted by Crippen LogP contribution is 2.26. The Morgan fingerprint density at radius 1 is 1.73 bits per heavy atom. The Kier molecular flexibility index (Phi) is 3.63. The minimum absolute atomic E-state index is 0.0539. The highest BCUT2D eigenvalue weighted by molar-refractivity contribution is 7.10. The summed E-state index contributed by atoms with van der Waals surface area (Å²) in [6.45, 7) is 2.15. The zero-order valence-electron chi connectivity index (χ0n) is 8.52. The van der Waals surface area contributed by atoms with Gasteiger partial charge in [0.15, 0.2) is 0 Å². The standard InChI is InChI=1S/C9H11N3O2S/c1-6-7(5-10)9(15-11-6)12(2)4-3-8(13)14/h3-4H2,1-2H3,(H,13,14). The number of hydrogen-bond donors (Lipinski definition) is 1. The quantitative estimate of drug-likeness (QED) is 0.834. The van der Waals surface area contributed by atoms with Crippen LogP contribution in [0.2, 0.25) is 0 Å². The van der Waals surface area contributed by atoms with E-state index in [1.165, 1.54) is 11.5 Å². The lowest BCUT2D eigenvalue weighted by Crippen LogP contribution is -2.20. The van der Waals surface area contributed by atoms with Crippen molar-refractivity contribution in [2.24, 2.45) is 0 Å². The Morgan fingerprint density at radius 2 is 2.40 bits per heavy atom. The van der Waals surface area contributed by atoms with E-state index in [9.17, 15) is 4.79 Å². The van der Waals surface area contributed by atoms with Crippen molar-refractivity contribution in [1.29, 1.82) is 5.26 Å². The van der Waals surface area contributed by atoms with Crippen LogP contribution >= 0.6 is 11.5 Å². The molecule has 0 amide bonds. The number of nitriles is 1. The molecular formula is C9H11N3O2S. The Morgan fingerprint density at radius 3 is 2.93 bits per heavy atom. The molecule has 5 nitrogen and oxygen atoms in total. The molecule has 0 atom stereocenters. The molecule has 0 aliphatic carbocycles. The third-order valence-electron chi connectivity index (χ3n) is 1.96. The topological polar surface area (TPSA) is 77.2 Å². The van der Waals surface area contributed by atoms with Gasteiger partial charge in [0.2, 0.25) is 0 Å². The van der Waals surface area contributed by atoms with E-state index in [2.05, 4.69) is 10.4 Å². The Bertz CT molecular complexity index is 408. The molecule has 6 heteroatoms.